The van der Waals surface area contributed by atoms with Crippen LogP contribution in [0.25, 0.3) is 5.78 Å². The minimum atomic E-state index is 0.572. The highest BCUT2D eigenvalue weighted by molar-refractivity contribution is 6.42. The predicted octanol–water partition coefficient (Wildman–Crippen LogP) is 4.15. The molecule has 0 atom stereocenters. The number of aromatic nitrogens is 4. The van der Waals surface area contributed by atoms with Crippen LogP contribution in [0.2, 0.25) is 10.0 Å². The topological polar surface area (TPSA) is 49.6 Å². The molecule has 0 aliphatic carbocycles. The Bertz CT molecular complexity index is 980. The van der Waals surface area contributed by atoms with Crippen LogP contribution in [0, 0.1) is 13.8 Å². The van der Waals surface area contributed by atoms with Crippen molar-refractivity contribution in [2.45, 2.75) is 33.2 Å². The molecule has 0 amide bonds. The van der Waals surface area contributed by atoms with Crippen LogP contribution in [0.15, 0.2) is 24.3 Å². The second kappa shape index (κ2) is 8.23. The first kappa shape index (κ1) is 19.4. The van der Waals surface area contributed by atoms with Gasteiger partial charge in [0.05, 0.1) is 10.0 Å². The smallest absolute Gasteiger partial charge is 0.254 e. The molecule has 0 bridgehead atoms. The van der Waals surface area contributed by atoms with Crippen LogP contribution < -0.4 is 4.90 Å². The Morgan fingerprint density at radius 2 is 1.82 bits per heavy atom. The number of benzene rings is 1. The summed E-state index contributed by atoms with van der Waals surface area (Å²) in [6.45, 7) is 8.84. The van der Waals surface area contributed by atoms with E-state index in [-0.39, 0.29) is 0 Å². The van der Waals surface area contributed by atoms with Crippen molar-refractivity contribution in [3.63, 3.8) is 0 Å². The van der Waals surface area contributed by atoms with E-state index < -0.39 is 0 Å². The molecule has 3 aromatic rings. The fraction of sp³-hybridized carbons (Fsp3) is 0.450. The highest BCUT2D eigenvalue weighted by atomic mass is 35.5. The highest BCUT2D eigenvalue weighted by Crippen LogP contribution is 2.25. The molecular formula is C20H24Cl2N6. The first-order valence-corrected chi connectivity index (χ1v) is 10.4. The fourth-order valence-corrected chi connectivity index (χ4v) is 4.02. The van der Waals surface area contributed by atoms with E-state index in [1.807, 2.05) is 36.6 Å². The third-order valence-electron chi connectivity index (χ3n) is 5.09. The van der Waals surface area contributed by atoms with Gasteiger partial charge in [0.1, 0.15) is 11.6 Å². The van der Waals surface area contributed by atoms with Crippen LogP contribution in [0.1, 0.15) is 29.9 Å². The van der Waals surface area contributed by atoms with Gasteiger partial charge in [-0.1, -0.05) is 29.3 Å². The third-order valence-corrected chi connectivity index (χ3v) is 5.83. The Balaban J connectivity index is 1.68. The summed E-state index contributed by atoms with van der Waals surface area (Å²) in [6, 6.07) is 7.88. The molecule has 8 heteroatoms. The van der Waals surface area contributed by atoms with Crippen molar-refractivity contribution in [3.8, 4) is 0 Å². The second-order valence-electron chi connectivity index (χ2n) is 7.35. The van der Waals surface area contributed by atoms with Gasteiger partial charge in [-0.15, -0.1) is 5.10 Å². The van der Waals surface area contributed by atoms with Crippen molar-refractivity contribution in [2.24, 2.45) is 0 Å². The van der Waals surface area contributed by atoms with Gasteiger partial charge in [0.15, 0.2) is 0 Å². The van der Waals surface area contributed by atoms with Gasteiger partial charge < -0.3 is 9.80 Å². The quantitative estimate of drug-likeness (QED) is 0.601. The van der Waals surface area contributed by atoms with Crippen molar-refractivity contribution >= 4 is 34.8 Å². The van der Waals surface area contributed by atoms with E-state index in [2.05, 4.69) is 30.9 Å². The Morgan fingerprint density at radius 3 is 2.57 bits per heavy atom. The molecule has 28 heavy (non-hydrogen) atoms. The van der Waals surface area contributed by atoms with Crippen molar-refractivity contribution < 1.29 is 0 Å². The summed E-state index contributed by atoms with van der Waals surface area (Å²) < 4.78 is 1.84. The fourth-order valence-electron chi connectivity index (χ4n) is 3.69. The Hall–Kier alpha value is -1.89. The number of rotatable bonds is 6. The normalized spacial score (nSPS) is 14.9. The number of anilines is 1. The highest BCUT2D eigenvalue weighted by Gasteiger charge is 2.18. The molecule has 0 N–H and O–H groups in total. The molecule has 0 saturated carbocycles. The lowest BCUT2D eigenvalue weighted by molar-refractivity contribution is 0.343. The number of fused-ring (bicyclic) bond motifs is 1. The SMILES string of the molecule is Cc1cc(N(CCN2CCCC2)Cc2ccc(Cl)c(Cl)c2)n2nc(C)nc2n1. The van der Waals surface area contributed by atoms with Crippen molar-refractivity contribution in [3.05, 3.63) is 51.4 Å². The van der Waals surface area contributed by atoms with Gasteiger partial charge in [-0.25, -0.2) is 4.98 Å². The maximum absolute atomic E-state index is 6.25. The standard InChI is InChI=1S/C20H24Cl2N6/c1-14-11-19(28-20(23-14)24-15(2)25-28)27(10-9-26-7-3-4-8-26)13-16-5-6-17(21)18(22)12-16/h5-6,11-12H,3-4,7-10,13H2,1-2H3. The molecule has 0 radical (unpaired) electrons. The van der Waals surface area contributed by atoms with E-state index in [1.54, 1.807) is 0 Å². The first-order chi connectivity index (χ1) is 13.5. The zero-order chi connectivity index (χ0) is 19.7. The largest absolute Gasteiger partial charge is 0.351 e. The number of hydrogen-bond acceptors (Lipinski definition) is 5. The maximum Gasteiger partial charge on any atom is 0.254 e. The Labute approximate surface area is 175 Å². The van der Waals surface area contributed by atoms with Crippen LogP contribution in [0.4, 0.5) is 5.82 Å². The summed E-state index contributed by atoms with van der Waals surface area (Å²) in [4.78, 5) is 13.8. The van der Waals surface area contributed by atoms with Gasteiger partial charge in [-0.2, -0.15) is 9.50 Å². The van der Waals surface area contributed by atoms with E-state index in [1.165, 1.54) is 25.9 Å². The minimum absolute atomic E-state index is 0.572. The first-order valence-electron chi connectivity index (χ1n) is 9.62. The molecule has 0 unspecified atom stereocenters. The zero-order valence-electron chi connectivity index (χ0n) is 16.2. The number of aryl methyl sites for hydroxylation is 2. The van der Waals surface area contributed by atoms with Crippen molar-refractivity contribution in [1.82, 2.24) is 24.5 Å². The predicted molar refractivity (Wildman–Crippen MR) is 113 cm³/mol. The summed E-state index contributed by atoms with van der Waals surface area (Å²) >= 11 is 12.4. The molecular weight excluding hydrogens is 395 g/mol. The van der Waals surface area contributed by atoms with Gasteiger partial charge in [-0.05, 0) is 57.5 Å². The summed E-state index contributed by atoms with van der Waals surface area (Å²) in [7, 11) is 0. The maximum atomic E-state index is 6.25. The third kappa shape index (κ3) is 4.24. The lowest BCUT2D eigenvalue weighted by atomic mass is 10.2. The molecule has 1 fully saturated rings. The molecule has 1 aliphatic heterocycles. The molecule has 148 valence electrons. The van der Waals surface area contributed by atoms with E-state index in [0.717, 1.165) is 30.2 Å². The van der Waals surface area contributed by atoms with Crippen LogP contribution >= 0.6 is 23.2 Å². The number of nitrogens with zero attached hydrogens (tertiary/aromatic N) is 6. The van der Waals surface area contributed by atoms with Gasteiger partial charge in [0.25, 0.3) is 5.78 Å². The Kier molecular flexibility index (Phi) is 5.71. The number of likely N-dealkylation sites (tertiary alicyclic amines) is 1. The van der Waals surface area contributed by atoms with Crippen LogP contribution in [0.5, 0.6) is 0 Å². The Morgan fingerprint density at radius 1 is 1.04 bits per heavy atom. The number of hydrogen-bond donors (Lipinski definition) is 0. The average molecular weight is 419 g/mol. The van der Waals surface area contributed by atoms with E-state index in [0.29, 0.717) is 28.2 Å². The van der Waals surface area contributed by atoms with Gasteiger partial charge >= 0.3 is 0 Å². The van der Waals surface area contributed by atoms with E-state index in [9.17, 15) is 0 Å². The van der Waals surface area contributed by atoms with Gasteiger partial charge in [0.2, 0.25) is 0 Å². The average Bonchev–Trinajstić information content (AvgIpc) is 3.29. The minimum Gasteiger partial charge on any atom is -0.351 e. The summed E-state index contributed by atoms with van der Waals surface area (Å²) in [5.74, 6) is 2.34. The lowest BCUT2D eigenvalue weighted by Crippen LogP contribution is -2.34. The summed E-state index contributed by atoms with van der Waals surface area (Å²) in [5, 5.41) is 5.72. The van der Waals surface area contributed by atoms with Crippen molar-refractivity contribution in [1.29, 1.82) is 0 Å². The van der Waals surface area contributed by atoms with Gasteiger partial charge in [0, 0.05) is 31.4 Å². The molecule has 6 nitrogen and oxygen atoms in total. The second-order valence-corrected chi connectivity index (χ2v) is 8.16. The van der Waals surface area contributed by atoms with Crippen LogP contribution in [-0.2, 0) is 6.54 Å². The molecule has 3 heterocycles. The summed E-state index contributed by atoms with van der Waals surface area (Å²) in [5.41, 5.74) is 2.03. The zero-order valence-corrected chi connectivity index (χ0v) is 17.7. The monoisotopic (exact) mass is 418 g/mol. The molecule has 1 aliphatic rings. The summed E-state index contributed by atoms with van der Waals surface area (Å²) in [6.07, 6.45) is 2.57. The van der Waals surface area contributed by atoms with E-state index >= 15 is 0 Å². The molecule has 2 aromatic heterocycles. The molecule has 1 aromatic carbocycles. The van der Waals surface area contributed by atoms with Gasteiger partial charge in [-0.3, -0.25) is 0 Å². The van der Waals surface area contributed by atoms with Crippen molar-refractivity contribution in [2.75, 3.05) is 31.1 Å². The molecule has 0 spiro atoms. The van der Waals surface area contributed by atoms with E-state index in [4.69, 9.17) is 23.2 Å². The molecule has 4 rings (SSSR count). The van der Waals surface area contributed by atoms with Crippen LogP contribution in [-0.4, -0.2) is 50.7 Å². The lowest BCUT2D eigenvalue weighted by Gasteiger charge is -2.27. The number of halogens is 2. The van der Waals surface area contributed by atoms with Crippen LogP contribution in [0.3, 0.4) is 0 Å². The molecule has 1 saturated heterocycles.